The zero-order valence-corrected chi connectivity index (χ0v) is 14.8. The van der Waals surface area contributed by atoms with E-state index >= 15 is 0 Å². The lowest BCUT2D eigenvalue weighted by Crippen LogP contribution is -2.41. The Bertz CT molecular complexity index is 670. The van der Waals surface area contributed by atoms with Crippen molar-refractivity contribution in [3.05, 3.63) is 54.6 Å². The molecule has 0 saturated carbocycles. The molecule has 0 unspecified atom stereocenters. The summed E-state index contributed by atoms with van der Waals surface area (Å²) in [5, 5.41) is 2.99. The highest BCUT2D eigenvalue weighted by atomic mass is 16.5. The first-order valence-electron chi connectivity index (χ1n) is 9.05. The number of likely N-dealkylation sites (tertiary alicyclic amines) is 1. The minimum absolute atomic E-state index is 0.0591. The van der Waals surface area contributed by atoms with E-state index in [2.05, 4.69) is 29.3 Å². The molecule has 4 nitrogen and oxygen atoms in total. The first-order chi connectivity index (χ1) is 12.3. The molecule has 25 heavy (non-hydrogen) atoms. The maximum atomic E-state index is 12.0. The Balaban J connectivity index is 1.44. The van der Waals surface area contributed by atoms with Gasteiger partial charge in [-0.15, -0.1) is 0 Å². The van der Waals surface area contributed by atoms with Crippen LogP contribution in [0, 0.1) is 0 Å². The number of amides is 1. The van der Waals surface area contributed by atoms with Crippen LogP contribution < -0.4 is 10.1 Å². The third-order valence-electron chi connectivity index (χ3n) is 4.77. The maximum Gasteiger partial charge on any atom is 0.257 e. The maximum absolute atomic E-state index is 12.0. The molecule has 0 spiro atoms. The molecular formula is C21H26N2O2. The molecule has 132 valence electrons. The van der Waals surface area contributed by atoms with Crippen molar-refractivity contribution in [2.24, 2.45) is 0 Å². The number of benzene rings is 2. The minimum Gasteiger partial charge on any atom is -0.484 e. The van der Waals surface area contributed by atoms with E-state index in [1.807, 2.05) is 42.5 Å². The average molecular weight is 338 g/mol. The van der Waals surface area contributed by atoms with Crippen LogP contribution in [0.5, 0.6) is 5.75 Å². The summed E-state index contributed by atoms with van der Waals surface area (Å²) in [7, 11) is 0. The molecule has 0 radical (unpaired) electrons. The van der Waals surface area contributed by atoms with Crippen LogP contribution in [0.1, 0.15) is 19.8 Å². The van der Waals surface area contributed by atoms with Gasteiger partial charge in [0.1, 0.15) is 5.75 Å². The summed E-state index contributed by atoms with van der Waals surface area (Å²) in [4.78, 5) is 14.4. The van der Waals surface area contributed by atoms with Crippen molar-refractivity contribution in [2.75, 3.05) is 26.2 Å². The van der Waals surface area contributed by atoms with E-state index in [0.717, 1.165) is 25.1 Å². The molecule has 1 atom stereocenters. The number of nitrogens with one attached hydrogen (secondary N) is 1. The minimum atomic E-state index is -0.0601. The summed E-state index contributed by atoms with van der Waals surface area (Å²) >= 11 is 0. The topological polar surface area (TPSA) is 41.6 Å². The van der Waals surface area contributed by atoms with Crippen molar-refractivity contribution < 1.29 is 9.53 Å². The molecule has 3 rings (SSSR count). The van der Waals surface area contributed by atoms with Gasteiger partial charge in [0.05, 0.1) is 0 Å². The van der Waals surface area contributed by atoms with Crippen LogP contribution in [0.15, 0.2) is 54.6 Å². The molecule has 2 aromatic rings. The van der Waals surface area contributed by atoms with Crippen molar-refractivity contribution >= 4 is 5.91 Å². The van der Waals surface area contributed by atoms with Gasteiger partial charge in [0.25, 0.3) is 5.91 Å². The zero-order valence-electron chi connectivity index (χ0n) is 14.8. The van der Waals surface area contributed by atoms with E-state index in [0.29, 0.717) is 18.3 Å². The molecule has 0 bridgehead atoms. The van der Waals surface area contributed by atoms with Crippen LogP contribution in [-0.2, 0) is 4.79 Å². The lowest BCUT2D eigenvalue weighted by Gasteiger charge is -2.22. The number of likely N-dealkylation sites (N-methyl/N-ethyl adjacent to an activating group) is 1. The van der Waals surface area contributed by atoms with Crippen LogP contribution in [-0.4, -0.2) is 43.1 Å². The van der Waals surface area contributed by atoms with Crippen molar-refractivity contribution in [2.45, 2.75) is 25.8 Å². The third kappa shape index (κ3) is 4.83. The fraction of sp³-hybridized carbons (Fsp3) is 0.381. The Morgan fingerprint density at radius 1 is 1.12 bits per heavy atom. The molecule has 1 amide bonds. The molecule has 0 aromatic heterocycles. The fourth-order valence-corrected chi connectivity index (χ4v) is 3.35. The molecule has 1 aliphatic rings. The van der Waals surface area contributed by atoms with Gasteiger partial charge in [-0.1, -0.05) is 49.4 Å². The Labute approximate surface area is 149 Å². The smallest absolute Gasteiger partial charge is 0.257 e. The van der Waals surface area contributed by atoms with Gasteiger partial charge < -0.3 is 10.1 Å². The van der Waals surface area contributed by atoms with Gasteiger partial charge in [0.15, 0.2) is 6.61 Å². The largest absolute Gasteiger partial charge is 0.484 e. The summed E-state index contributed by atoms with van der Waals surface area (Å²) in [6.07, 6.45) is 2.38. The van der Waals surface area contributed by atoms with E-state index in [1.54, 1.807) is 0 Å². The van der Waals surface area contributed by atoms with E-state index in [9.17, 15) is 4.79 Å². The molecule has 1 aliphatic heterocycles. The Kier molecular flexibility index (Phi) is 6.07. The number of nitrogens with zero attached hydrogens (tertiary/aromatic N) is 1. The molecule has 1 N–H and O–H groups in total. The van der Waals surface area contributed by atoms with Crippen molar-refractivity contribution in [1.29, 1.82) is 0 Å². The van der Waals surface area contributed by atoms with E-state index in [1.165, 1.54) is 12.0 Å². The van der Waals surface area contributed by atoms with Gasteiger partial charge >= 0.3 is 0 Å². The predicted octanol–water partition coefficient (Wildman–Crippen LogP) is 3.33. The first-order valence-corrected chi connectivity index (χ1v) is 9.05. The van der Waals surface area contributed by atoms with Gasteiger partial charge in [-0.05, 0) is 49.2 Å². The van der Waals surface area contributed by atoms with Crippen LogP contribution >= 0.6 is 0 Å². The number of carbonyl (C=O) groups is 1. The van der Waals surface area contributed by atoms with Crippen LogP contribution in [0.3, 0.4) is 0 Å². The predicted molar refractivity (Wildman–Crippen MR) is 101 cm³/mol. The third-order valence-corrected chi connectivity index (χ3v) is 4.77. The first kappa shape index (κ1) is 17.5. The van der Waals surface area contributed by atoms with E-state index < -0.39 is 0 Å². The average Bonchev–Trinajstić information content (AvgIpc) is 3.13. The van der Waals surface area contributed by atoms with E-state index in [4.69, 9.17) is 4.74 Å². The molecule has 1 heterocycles. The highest BCUT2D eigenvalue weighted by molar-refractivity contribution is 5.77. The molecule has 4 heteroatoms. The lowest BCUT2D eigenvalue weighted by molar-refractivity contribution is -0.123. The SMILES string of the molecule is CCN1CCC[C@H]1CNC(=O)COc1ccc(-c2ccccc2)cc1. The highest BCUT2D eigenvalue weighted by Gasteiger charge is 2.23. The second kappa shape index (κ2) is 8.67. The summed E-state index contributed by atoms with van der Waals surface area (Å²) in [5.41, 5.74) is 2.31. The molecular weight excluding hydrogens is 312 g/mol. The van der Waals surface area contributed by atoms with Crippen molar-refractivity contribution in [1.82, 2.24) is 10.2 Å². The summed E-state index contributed by atoms with van der Waals surface area (Å²) in [5.74, 6) is 0.654. The number of hydrogen-bond acceptors (Lipinski definition) is 3. The van der Waals surface area contributed by atoms with Gasteiger partial charge in [-0.3, -0.25) is 9.69 Å². The summed E-state index contributed by atoms with van der Waals surface area (Å²) in [6.45, 7) is 5.13. The number of rotatable bonds is 7. The van der Waals surface area contributed by atoms with Crippen molar-refractivity contribution in [3.8, 4) is 16.9 Å². The van der Waals surface area contributed by atoms with Crippen LogP contribution in [0.4, 0.5) is 0 Å². The monoisotopic (exact) mass is 338 g/mol. The second-order valence-corrected chi connectivity index (χ2v) is 6.41. The molecule has 0 aliphatic carbocycles. The highest BCUT2D eigenvalue weighted by Crippen LogP contribution is 2.22. The Morgan fingerprint density at radius 2 is 1.84 bits per heavy atom. The second-order valence-electron chi connectivity index (χ2n) is 6.41. The normalized spacial score (nSPS) is 17.4. The van der Waals surface area contributed by atoms with Gasteiger partial charge in [-0.2, -0.15) is 0 Å². The number of ether oxygens (including phenoxy) is 1. The van der Waals surface area contributed by atoms with E-state index in [-0.39, 0.29) is 12.5 Å². The van der Waals surface area contributed by atoms with Crippen LogP contribution in [0.2, 0.25) is 0 Å². The Morgan fingerprint density at radius 3 is 2.56 bits per heavy atom. The standard InChI is InChI=1S/C21H26N2O2/c1-2-23-14-6-9-19(23)15-22-21(24)16-25-20-12-10-18(11-13-20)17-7-4-3-5-8-17/h3-5,7-8,10-13,19H,2,6,9,14-16H2,1H3,(H,22,24)/t19-/m0/s1. The molecule has 2 aromatic carbocycles. The number of hydrogen-bond donors (Lipinski definition) is 1. The molecule has 1 fully saturated rings. The van der Waals surface area contributed by atoms with Crippen molar-refractivity contribution in [3.63, 3.8) is 0 Å². The summed E-state index contributed by atoms with van der Waals surface area (Å²) < 4.78 is 5.60. The van der Waals surface area contributed by atoms with Gasteiger partial charge in [0.2, 0.25) is 0 Å². The Hall–Kier alpha value is -2.33. The number of carbonyl (C=O) groups excluding carboxylic acids is 1. The van der Waals surface area contributed by atoms with Gasteiger partial charge in [-0.25, -0.2) is 0 Å². The summed E-state index contributed by atoms with van der Waals surface area (Å²) in [6, 6.07) is 18.5. The van der Waals surface area contributed by atoms with Gasteiger partial charge in [0, 0.05) is 12.6 Å². The fourth-order valence-electron chi connectivity index (χ4n) is 3.35. The lowest BCUT2D eigenvalue weighted by atomic mass is 10.1. The quantitative estimate of drug-likeness (QED) is 0.842. The molecule has 1 saturated heterocycles. The van der Waals surface area contributed by atoms with Crippen LogP contribution in [0.25, 0.3) is 11.1 Å². The zero-order chi connectivity index (χ0) is 17.5.